The molecule has 0 aliphatic heterocycles. The lowest BCUT2D eigenvalue weighted by Crippen LogP contribution is -2.16. The lowest BCUT2D eigenvalue weighted by atomic mass is 10.0. The summed E-state index contributed by atoms with van der Waals surface area (Å²) in [6.45, 7) is 4.54. The first-order valence-corrected chi connectivity index (χ1v) is 20.3. The van der Waals surface area contributed by atoms with E-state index in [0.29, 0.717) is 6.42 Å². The number of carbonyl (C=O) groups is 2. The molecule has 1 atom stereocenters. The predicted molar refractivity (Wildman–Crippen MR) is 200 cm³/mol. The summed E-state index contributed by atoms with van der Waals surface area (Å²) in [5.74, 6) is -0.738. The molecule has 46 heavy (non-hydrogen) atoms. The number of hydrogen-bond acceptors (Lipinski definition) is 3. The minimum Gasteiger partial charge on any atom is -0.481 e. The molecule has 0 aromatic heterocycles. The minimum atomic E-state index is -0.698. The molecule has 1 N–H and O–H groups in total. The van der Waals surface area contributed by atoms with E-state index in [-0.39, 0.29) is 18.5 Å². The van der Waals surface area contributed by atoms with Crippen LogP contribution in [0.2, 0.25) is 0 Å². The molecule has 0 aliphatic rings. The molecule has 0 saturated heterocycles. The van der Waals surface area contributed by atoms with Gasteiger partial charge in [0.15, 0.2) is 0 Å². The number of hydrogen-bond donors (Lipinski definition) is 1. The SMILES string of the molecule is CCCCCCCCC/C=C\CCCCCCCCCC(=O)OC(/C=C\CCCCCCCCC)CCCCCCCCC(=O)O. The quantitative estimate of drug-likeness (QED) is 0.0414. The zero-order valence-corrected chi connectivity index (χ0v) is 30.9. The van der Waals surface area contributed by atoms with E-state index in [9.17, 15) is 9.59 Å². The first-order chi connectivity index (χ1) is 22.6. The highest BCUT2D eigenvalue weighted by molar-refractivity contribution is 5.69. The molecule has 270 valence electrons. The second-order valence-corrected chi connectivity index (χ2v) is 13.8. The van der Waals surface area contributed by atoms with Crippen LogP contribution in [0.25, 0.3) is 0 Å². The second-order valence-electron chi connectivity index (χ2n) is 13.8. The Labute approximate surface area is 287 Å². The van der Waals surface area contributed by atoms with Crippen molar-refractivity contribution in [1.82, 2.24) is 0 Å². The van der Waals surface area contributed by atoms with Crippen molar-refractivity contribution < 1.29 is 19.4 Å². The summed E-state index contributed by atoms with van der Waals surface area (Å²) in [5.41, 5.74) is 0. The first-order valence-electron chi connectivity index (χ1n) is 20.3. The Bertz CT molecular complexity index is 698. The molecule has 0 rings (SSSR count). The Balaban J connectivity index is 4.00. The van der Waals surface area contributed by atoms with E-state index in [4.69, 9.17) is 9.84 Å². The molecule has 0 aromatic rings. The largest absolute Gasteiger partial charge is 0.481 e. The number of rotatable bonds is 37. The Kier molecular flexibility index (Phi) is 36.6. The number of ether oxygens (including phenoxy) is 1. The molecule has 0 saturated carbocycles. The van der Waals surface area contributed by atoms with Crippen LogP contribution < -0.4 is 0 Å². The van der Waals surface area contributed by atoms with Gasteiger partial charge in [-0.15, -0.1) is 0 Å². The summed E-state index contributed by atoms with van der Waals surface area (Å²) in [5, 5.41) is 8.78. The van der Waals surface area contributed by atoms with E-state index in [2.05, 4.69) is 38.2 Å². The molecular formula is C42H78O4. The van der Waals surface area contributed by atoms with Gasteiger partial charge in [-0.1, -0.05) is 167 Å². The van der Waals surface area contributed by atoms with Gasteiger partial charge in [0.25, 0.3) is 0 Å². The number of aliphatic carboxylic acids is 1. The lowest BCUT2D eigenvalue weighted by Gasteiger charge is -2.15. The molecule has 4 heteroatoms. The van der Waals surface area contributed by atoms with Crippen LogP contribution in [0.1, 0.15) is 226 Å². The van der Waals surface area contributed by atoms with Crippen LogP contribution in [-0.4, -0.2) is 23.1 Å². The van der Waals surface area contributed by atoms with Gasteiger partial charge >= 0.3 is 11.9 Å². The van der Waals surface area contributed by atoms with Crippen LogP contribution in [0.4, 0.5) is 0 Å². The lowest BCUT2D eigenvalue weighted by molar-refractivity contribution is -0.147. The summed E-state index contributed by atoms with van der Waals surface area (Å²) in [4.78, 5) is 23.3. The maximum atomic E-state index is 12.6. The van der Waals surface area contributed by atoms with E-state index in [0.717, 1.165) is 64.2 Å². The van der Waals surface area contributed by atoms with Gasteiger partial charge < -0.3 is 9.84 Å². The summed E-state index contributed by atoms with van der Waals surface area (Å²) in [6.07, 6.45) is 47.9. The number of allylic oxidation sites excluding steroid dienone is 3. The third kappa shape index (κ3) is 36.9. The molecule has 0 amide bonds. The van der Waals surface area contributed by atoms with Gasteiger partial charge in [0.05, 0.1) is 0 Å². The van der Waals surface area contributed by atoms with Crippen LogP contribution in [0.5, 0.6) is 0 Å². The van der Waals surface area contributed by atoms with E-state index in [1.807, 2.05) is 0 Å². The average Bonchev–Trinajstić information content (AvgIpc) is 3.04. The minimum absolute atomic E-state index is 0.0393. The summed E-state index contributed by atoms with van der Waals surface area (Å²) in [7, 11) is 0. The summed E-state index contributed by atoms with van der Waals surface area (Å²) >= 11 is 0. The Morgan fingerprint density at radius 2 is 0.848 bits per heavy atom. The number of carbonyl (C=O) groups excluding carboxylic acids is 1. The zero-order valence-electron chi connectivity index (χ0n) is 30.9. The molecule has 0 spiro atoms. The van der Waals surface area contributed by atoms with Crippen molar-refractivity contribution in [2.45, 2.75) is 232 Å². The third-order valence-electron chi connectivity index (χ3n) is 9.13. The van der Waals surface area contributed by atoms with Crippen molar-refractivity contribution in [3.63, 3.8) is 0 Å². The fraction of sp³-hybridized carbons (Fsp3) is 0.857. The van der Waals surface area contributed by atoms with E-state index in [1.54, 1.807) is 0 Å². The first kappa shape index (κ1) is 44.4. The zero-order chi connectivity index (χ0) is 33.6. The average molecular weight is 647 g/mol. The highest BCUT2D eigenvalue weighted by Crippen LogP contribution is 2.16. The Hall–Kier alpha value is -1.58. The molecule has 0 aromatic carbocycles. The molecular weight excluding hydrogens is 568 g/mol. The smallest absolute Gasteiger partial charge is 0.306 e. The molecule has 1 unspecified atom stereocenters. The van der Waals surface area contributed by atoms with Gasteiger partial charge in [-0.3, -0.25) is 9.59 Å². The van der Waals surface area contributed by atoms with Crippen molar-refractivity contribution in [2.24, 2.45) is 0 Å². The van der Waals surface area contributed by atoms with Gasteiger partial charge in [-0.25, -0.2) is 0 Å². The number of carboxylic acids is 1. The normalized spacial score (nSPS) is 12.4. The fourth-order valence-electron chi connectivity index (χ4n) is 6.09. The highest BCUT2D eigenvalue weighted by Gasteiger charge is 2.11. The third-order valence-corrected chi connectivity index (χ3v) is 9.13. The summed E-state index contributed by atoms with van der Waals surface area (Å²) < 4.78 is 5.93. The maximum absolute atomic E-state index is 12.6. The molecule has 0 bridgehead atoms. The molecule has 0 fully saturated rings. The van der Waals surface area contributed by atoms with Crippen molar-refractivity contribution in [3.8, 4) is 0 Å². The van der Waals surface area contributed by atoms with E-state index < -0.39 is 5.97 Å². The van der Waals surface area contributed by atoms with Crippen molar-refractivity contribution in [2.75, 3.05) is 0 Å². The van der Waals surface area contributed by atoms with E-state index in [1.165, 1.54) is 135 Å². The van der Waals surface area contributed by atoms with Crippen LogP contribution >= 0.6 is 0 Å². The van der Waals surface area contributed by atoms with Crippen LogP contribution in [-0.2, 0) is 14.3 Å². The van der Waals surface area contributed by atoms with Crippen molar-refractivity contribution in [1.29, 1.82) is 0 Å². The van der Waals surface area contributed by atoms with Gasteiger partial charge in [0, 0.05) is 12.8 Å². The maximum Gasteiger partial charge on any atom is 0.306 e. The molecule has 0 radical (unpaired) electrons. The number of esters is 1. The van der Waals surface area contributed by atoms with Crippen molar-refractivity contribution >= 4 is 11.9 Å². The molecule has 0 aliphatic carbocycles. The number of unbranched alkanes of at least 4 members (excludes halogenated alkanes) is 26. The summed E-state index contributed by atoms with van der Waals surface area (Å²) in [6, 6.07) is 0. The Morgan fingerprint density at radius 3 is 1.30 bits per heavy atom. The standard InChI is InChI=1S/C42H78O4/c1-3-5-7-9-11-13-14-15-16-17-18-19-20-21-23-25-31-35-39-42(45)46-40(36-32-28-24-22-12-10-8-6-4-2)37-33-29-26-27-30-34-38-41(43)44/h16-17,32,36,40H,3-15,18-31,33-35,37-39H2,1-2H3,(H,43,44)/b17-16-,36-32-. The van der Waals surface area contributed by atoms with Gasteiger partial charge in [-0.05, 0) is 70.3 Å². The van der Waals surface area contributed by atoms with Gasteiger partial charge in [0.2, 0.25) is 0 Å². The topological polar surface area (TPSA) is 63.6 Å². The van der Waals surface area contributed by atoms with Crippen molar-refractivity contribution in [3.05, 3.63) is 24.3 Å². The monoisotopic (exact) mass is 647 g/mol. The van der Waals surface area contributed by atoms with Gasteiger partial charge in [0.1, 0.15) is 6.10 Å². The highest BCUT2D eigenvalue weighted by atomic mass is 16.5. The van der Waals surface area contributed by atoms with Gasteiger partial charge in [-0.2, -0.15) is 0 Å². The molecule has 0 heterocycles. The van der Waals surface area contributed by atoms with Crippen LogP contribution in [0.15, 0.2) is 24.3 Å². The fourth-order valence-corrected chi connectivity index (χ4v) is 6.09. The number of carboxylic acid groups (broad SMARTS) is 1. The molecule has 4 nitrogen and oxygen atoms in total. The Morgan fingerprint density at radius 1 is 0.478 bits per heavy atom. The second kappa shape index (κ2) is 37.9. The predicted octanol–water partition coefficient (Wildman–Crippen LogP) is 14.0. The van der Waals surface area contributed by atoms with E-state index >= 15 is 0 Å². The van der Waals surface area contributed by atoms with Crippen LogP contribution in [0.3, 0.4) is 0 Å². The van der Waals surface area contributed by atoms with Crippen LogP contribution in [0, 0.1) is 0 Å².